The van der Waals surface area contributed by atoms with Gasteiger partial charge in [0.25, 0.3) is 0 Å². The Morgan fingerprint density at radius 1 is 0.446 bits per heavy atom. The van der Waals surface area contributed by atoms with Crippen LogP contribution < -0.4 is 5.32 Å². The molecular weight excluding hydrogens is 1050 g/mol. The summed E-state index contributed by atoms with van der Waals surface area (Å²) in [5.74, 6) is -0.272. The minimum atomic E-state index is -1.80. The number of allylic oxidation sites excluding steroid dienone is 17. The number of nitrogens with one attached hydrogen (secondary N) is 1. The fourth-order valence-corrected chi connectivity index (χ4v) is 9.99. The van der Waals surface area contributed by atoms with Crippen molar-refractivity contribution in [2.45, 2.75) is 299 Å². The quantitative estimate of drug-likeness (QED) is 0.0204. The number of amides is 1. The van der Waals surface area contributed by atoms with Crippen molar-refractivity contribution in [3.8, 4) is 0 Å². The van der Waals surface area contributed by atoms with Crippen LogP contribution in [0, 0.1) is 0 Å². The molecule has 2 fully saturated rings. The zero-order valence-electron chi connectivity index (χ0n) is 51.4. The van der Waals surface area contributed by atoms with E-state index in [2.05, 4.69) is 116 Å². The van der Waals surface area contributed by atoms with Gasteiger partial charge >= 0.3 is 0 Å². The highest BCUT2D eigenvalue weighted by Gasteiger charge is 2.51. The van der Waals surface area contributed by atoms with Crippen LogP contribution in [0.4, 0.5) is 0 Å². The first-order chi connectivity index (χ1) is 40.6. The Balaban J connectivity index is 1.76. The van der Waals surface area contributed by atoms with Gasteiger partial charge in [0, 0.05) is 6.42 Å². The molecule has 0 aromatic carbocycles. The molecule has 2 aliphatic heterocycles. The van der Waals surface area contributed by atoms with Crippen molar-refractivity contribution in [1.82, 2.24) is 5.32 Å². The number of carbonyl (C=O) groups is 1. The first-order valence-corrected chi connectivity index (χ1v) is 32.6. The van der Waals surface area contributed by atoms with Crippen LogP contribution in [0.3, 0.4) is 0 Å². The second kappa shape index (κ2) is 52.9. The van der Waals surface area contributed by atoms with Crippen molar-refractivity contribution in [2.75, 3.05) is 19.8 Å². The van der Waals surface area contributed by atoms with E-state index in [4.69, 9.17) is 18.9 Å². The number of aliphatic hydroxyl groups is 8. The summed E-state index contributed by atoms with van der Waals surface area (Å²) in [5, 5.41) is 87.3. The molecular formula is C69H117NO13. The smallest absolute Gasteiger partial charge is 0.220 e. The zero-order valence-corrected chi connectivity index (χ0v) is 51.4. The molecule has 0 bridgehead atoms. The van der Waals surface area contributed by atoms with Gasteiger partial charge in [-0.1, -0.05) is 239 Å². The first kappa shape index (κ1) is 75.7. The number of rotatable bonds is 51. The summed E-state index contributed by atoms with van der Waals surface area (Å²) in [7, 11) is 0. The monoisotopic (exact) mass is 1170 g/mol. The highest BCUT2D eigenvalue weighted by Crippen LogP contribution is 2.30. The van der Waals surface area contributed by atoms with Gasteiger partial charge < -0.3 is 65.1 Å². The molecule has 0 radical (unpaired) electrons. The summed E-state index contributed by atoms with van der Waals surface area (Å²) in [6, 6.07) is -0.951. The maximum Gasteiger partial charge on any atom is 0.220 e. The van der Waals surface area contributed by atoms with Crippen LogP contribution in [0.2, 0.25) is 0 Å². The zero-order chi connectivity index (χ0) is 60.2. The van der Waals surface area contributed by atoms with Gasteiger partial charge in [-0.3, -0.25) is 4.79 Å². The van der Waals surface area contributed by atoms with Gasteiger partial charge in [-0.2, -0.15) is 0 Å². The van der Waals surface area contributed by atoms with Gasteiger partial charge in [-0.25, -0.2) is 0 Å². The molecule has 0 aliphatic carbocycles. The second-order valence-corrected chi connectivity index (χ2v) is 22.5. The molecule has 2 aliphatic rings. The minimum Gasteiger partial charge on any atom is -0.394 e. The molecule has 12 atom stereocenters. The molecule has 83 heavy (non-hydrogen) atoms. The molecule has 14 nitrogen and oxygen atoms in total. The molecule has 14 heteroatoms. The number of hydrogen-bond acceptors (Lipinski definition) is 13. The molecule has 0 saturated carbocycles. The van der Waals surface area contributed by atoms with Gasteiger partial charge in [0.15, 0.2) is 12.6 Å². The third-order valence-electron chi connectivity index (χ3n) is 15.2. The highest BCUT2D eigenvalue weighted by molar-refractivity contribution is 5.76. The lowest BCUT2D eigenvalue weighted by atomic mass is 9.97. The van der Waals surface area contributed by atoms with E-state index >= 15 is 0 Å². The predicted octanol–water partition coefficient (Wildman–Crippen LogP) is 12.4. The van der Waals surface area contributed by atoms with Crippen molar-refractivity contribution in [3.05, 3.63) is 109 Å². The molecule has 0 aromatic heterocycles. The minimum absolute atomic E-state index is 0.244. The number of ether oxygens (including phenoxy) is 4. The third kappa shape index (κ3) is 37.7. The molecule has 9 N–H and O–H groups in total. The lowest BCUT2D eigenvalue weighted by Gasteiger charge is -2.46. The SMILES string of the molecule is CC/C=C\C/C=C\C/C=C\C/C=C\C/C=C\C/C=C\C/C=C\CCCCCCCC(=O)NC(COC1OC(CO)C(OC2OC(CO)C(O)C(O)C2O)C(O)C1O)C(O)/C=C/CC/C=C/CCCCCCCCCCCCCCCCCC. The Kier molecular flexibility index (Phi) is 48.3. The van der Waals surface area contributed by atoms with Crippen LogP contribution in [0.15, 0.2) is 109 Å². The van der Waals surface area contributed by atoms with Crippen molar-refractivity contribution in [3.63, 3.8) is 0 Å². The van der Waals surface area contributed by atoms with E-state index < -0.39 is 86.8 Å². The van der Waals surface area contributed by atoms with E-state index in [1.165, 1.54) is 103 Å². The highest BCUT2D eigenvalue weighted by atomic mass is 16.7. The molecule has 0 spiro atoms. The number of aliphatic hydroxyl groups excluding tert-OH is 8. The Hall–Kier alpha value is -3.35. The average molecular weight is 1170 g/mol. The van der Waals surface area contributed by atoms with Crippen LogP contribution in [0.1, 0.15) is 226 Å². The topological polar surface area (TPSA) is 228 Å². The molecule has 12 unspecified atom stereocenters. The van der Waals surface area contributed by atoms with Crippen LogP contribution in [0.5, 0.6) is 0 Å². The number of carbonyl (C=O) groups excluding carboxylic acids is 1. The average Bonchev–Trinajstić information content (AvgIpc) is 3.65. The van der Waals surface area contributed by atoms with Crippen molar-refractivity contribution < 1.29 is 64.6 Å². The third-order valence-corrected chi connectivity index (χ3v) is 15.2. The molecule has 2 saturated heterocycles. The molecule has 2 heterocycles. The van der Waals surface area contributed by atoms with Gasteiger partial charge in [0.2, 0.25) is 5.91 Å². The largest absolute Gasteiger partial charge is 0.394 e. The summed E-state index contributed by atoms with van der Waals surface area (Å²) < 4.78 is 22.8. The van der Waals surface area contributed by atoms with Crippen molar-refractivity contribution in [1.29, 1.82) is 0 Å². The van der Waals surface area contributed by atoms with Gasteiger partial charge in [0.05, 0.1) is 32.0 Å². The van der Waals surface area contributed by atoms with Crippen LogP contribution >= 0.6 is 0 Å². The molecule has 476 valence electrons. The van der Waals surface area contributed by atoms with Gasteiger partial charge in [-0.05, 0) is 89.9 Å². The Morgan fingerprint density at radius 2 is 0.843 bits per heavy atom. The van der Waals surface area contributed by atoms with E-state index in [0.29, 0.717) is 12.8 Å². The lowest BCUT2D eigenvalue weighted by molar-refractivity contribution is -0.359. The summed E-state index contributed by atoms with van der Waals surface area (Å²) in [6.07, 6.45) is 58.4. The summed E-state index contributed by atoms with van der Waals surface area (Å²) in [5.41, 5.74) is 0. The standard InChI is InChI=1S/C69H117NO13/c1-3-5-7-9-11-13-15-17-19-21-23-25-27-28-29-30-31-33-35-37-39-41-43-45-47-49-51-53-61(74)70-57(56-80-68-66(79)64(77)67(60(55-72)82-68)83-69-65(78)63(76)62(75)59(54-71)81-69)58(73)52-50-48-46-44-42-40-38-36-34-32-26-24-22-20-18-16-14-12-10-8-6-4-2/h5,7,11,13,17,19,23,25,28-29,31,33,37,39,42,44,50,52,57-60,62-69,71-73,75-79H,3-4,6,8-10,12,14-16,18,20-22,24,26-27,30,32,34-36,38,40-41,43,45-49,51,53-56H2,1-2H3,(H,70,74)/b7-5-,13-11-,19-17-,25-23-,29-28-,33-31-,39-37-,44-42+,52-50+. The Labute approximate surface area is 502 Å². The van der Waals surface area contributed by atoms with Crippen molar-refractivity contribution in [2.24, 2.45) is 0 Å². The fourth-order valence-electron chi connectivity index (χ4n) is 9.99. The second-order valence-electron chi connectivity index (χ2n) is 22.5. The number of hydrogen-bond donors (Lipinski definition) is 9. The maximum absolute atomic E-state index is 13.3. The van der Waals surface area contributed by atoms with E-state index in [-0.39, 0.29) is 18.9 Å². The molecule has 0 aromatic rings. The van der Waals surface area contributed by atoms with Crippen LogP contribution in [-0.4, -0.2) is 140 Å². The van der Waals surface area contributed by atoms with E-state index in [1.807, 2.05) is 6.08 Å². The number of unbranched alkanes of at least 4 members (excludes halogenated alkanes) is 22. The van der Waals surface area contributed by atoms with E-state index in [0.717, 1.165) is 89.9 Å². The van der Waals surface area contributed by atoms with E-state index in [1.54, 1.807) is 6.08 Å². The summed E-state index contributed by atoms with van der Waals surface area (Å²) in [4.78, 5) is 13.3. The Bertz CT molecular complexity index is 1810. The maximum atomic E-state index is 13.3. The fraction of sp³-hybridized carbons (Fsp3) is 0.725. The first-order valence-electron chi connectivity index (χ1n) is 32.6. The normalized spacial score (nSPS) is 24.6. The van der Waals surface area contributed by atoms with Crippen LogP contribution in [0.25, 0.3) is 0 Å². The van der Waals surface area contributed by atoms with Crippen LogP contribution in [-0.2, 0) is 23.7 Å². The molecule has 2 rings (SSSR count). The predicted molar refractivity (Wildman–Crippen MR) is 336 cm³/mol. The molecule has 1 amide bonds. The van der Waals surface area contributed by atoms with E-state index in [9.17, 15) is 45.6 Å². The summed E-state index contributed by atoms with van der Waals surface area (Å²) >= 11 is 0. The van der Waals surface area contributed by atoms with Gasteiger partial charge in [0.1, 0.15) is 48.8 Å². The Morgan fingerprint density at radius 3 is 1.33 bits per heavy atom. The lowest BCUT2D eigenvalue weighted by Crippen LogP contribution is -2.65. The summed E-state index contributed by atoms with van der Waals surface area (Å²) in [6.45, 7) is 2.66. The van der Waals surface area contributed by atoms with Gasteiger partial charge in [-0.15, -0.1) is 0 Å². The van der Waals surface area contributed by atoms with Crippen molar-refractivity contribution >= 4 is 5.91 Å².